The summed E-state index contributed by atoms with van der Waals surface area (Å²) in [5, 5.41) is 6.32. The molecule has 2 bridgehead atoms. The van der Waals surface area contributed by atoms with Gasteiger partial charge < -0.3 is 15.0 Å². The van der Waals surface area contributed by atoms with Gasteiger partial charge in [0.2, 0.25) is 5.91 Å². The van der Waals surface area contributed by atoms with E-state index in [9.17, 15) is 4.79 Å². The van der Waals surface area contributed by atoms with Gasteiger partial charge in [0.15, 0.2) is 0 Å². The van der Waals surface area contributed by atoms with Crippen LogP contribution in [0.2, 0.25) is 0 Å². The molecule has 0 aliphatic carbocycles. The fourth-order valence-corrected chi connectivity index (χ4v) is 5.09. The molecule has 1 N–H and O–H groups in total. The molecular weight excluding hydrogens is 324 g/mol. The first kappa shape index (κ1) is 14.6. The van der Waals surface area contributed by atoms with Crippen molar-refractivity contribution in [2.45, 2.75) is 56.4 Å². The van der Waals surface area contributed by atoms with Crippen molar-refractivity contribution in [1.29, 1.82) is 0 Å². The number of ether oxygens (including phenoxy) is 1. The Labute approximate surface area is 144 Å². The maximum Gasteiger partial charge on any atom is 0.243 e. The van der Waals surface area contributed by atoms with E-state index in [1.807, 2.05) is 11.4 Å². The van der Waals surface area contributed by atoms with Gasteiger partial charge in [0.05, 0.1) is 23.6 Å². The zero-order valence-corrected chi connectivity index (χ0v) is 14.2. The summed E-state index contributed by atoms with van der Waals surface area (Å²) in [6, 6.07) is 2.10. The largest absolute Gasteiger partial charge is 0.373 e. The van der Waals surface area contributed by atoms with E-state index in [1.54, 1.807) is 17.7 Å². The van der Waals surface area contributed by atoms with E-state index in [1.165, 1.54) is 0 Å². The standard InChI is InChI=1S/C17H20N4O2S/c22-16(20-12-8-10-3-4-14(12)23-10)13-2-1-6-21(13)15-11-5-7-24-17(11)19-9-18-15/h5,7,9-10,12-14H,1-4,6,8H2,(H,20,22)/t10-,12-,13+,14-/m1/s1. The topological polar surface area (TPSA) is 67.3 Å². The van der Waals surface area contributed by atoms with Crippen molar-refractivity contribution < 1.29 is 9.53 Å². The molecule has 0 aromatic carbocycles. The summed E-state index contributed by atoms with van der Waals surface area (Å²) >= 11 is 1.61. The van der Waals surface area contributed by atoms with Gasteiger partial charge in [-0.3, -0.25) is 4.79 Å². The van der Waals surface area contributed by atoms with Crippen LogP contribution in [0.4, 0.5) is 5.82 Å². The van der Waals surface area contributed by atoms with Crippen molar-refractivity contribution >= 4 is 33.3 Å². The highest BCUT2D eigenvalue weighted by molar-refractivity contribution is 7.16. The Balaban J connectivity index is 1.37. The van der Waals surface area contributed by atoms with E-state index in [-0.39, 0.29) is 24.1 Å². The van der Waals surface area contributed by atoms with Crippen molar-refractivity contribution in [2.75, 3.05) is 11.4 Å². The molecule has 7 heteroatoms. The van der Waals surface area contributed by atoms with Gasteiger partial charge in [0, 0.05) is 6.54 Å². The fourth-order valence-electron chi connectivity index (χ4n) is 4.37. The third-order valence-electron chi connectivity index (χ3n) is 5.50. The van der Waals surface area contributed by atoms with Gasteiger partial charge in [-0.05, 0) is 43.6 Å². The Morgan fingerprint density at radius 1 is 1.33 bits per heavy atom. The van der Waals surface area contributed by atoms with Crippen molar-refractivity contribution in [2.24, 2.45) is 0 Å². The monoisotopic (exact) mass is 344 g/mol. The number of rotatable bonds is 3. The summed E-state index contributed by atoms with van der Waals surface area (Å²) in [7, 11) is 0. The number of hydrogen-bond donors (Lipinski definition) is 1. The average molecular weight is 344 g/mol. The van der Waals surface area contributed by atoms with Gasteiger partial charge in [0.1, 0.15) is 23.0 Å². The summed E-state index contributed by atoms with van der Waals surface area (Å²) < 4.78 is 5.86. The molecule has 2 aromatic heterocycles. The summed E-state index contributed by atoms with van der Waals surface area (Å²) in [5.74, 6) is 1.01. The summed E-state index contributed by atoms with van der Waals surface area (Å²) in [6.45, 7) is 0.868. The number of aromatic nitrogens is 2. The maximum absolute atomic E-state index is 12.9. The predicted molar refractivity (Wildman–Crippen MR) is 92.2 cm³/mol. The van der Waals surface area contributed by atoms with E-state index in [0.29, 0.717) is 6.10 Å². The maximum atomic E-state index is 12.9. The van der Waals surface area contributed by atoms with E-state index in [0.717, 1.165) is 54.7 Å². The molecule has 4 atom stereocenters. The molecule has 24 heavy (non-hydrogen) atoms. The molecule has 3 fully saturated rings. The van der Waals surface area contributed by atoms with Crippen LogP contribution >= 0.6 is 11.3 Å². The van der Waals surface area contributed by atoms with Crippen LogP contribution < -0.4 is 10.2 Å². The third-order valence-corrected chi connectivity index (χ3v) is 6.32. The Morgan fingerprint density at radius 3 is 3.12 bits per heavy atom. The number of anilines is 1. The minimum absolute atomic E-state index is 0.121. The van der Waals surface area contributed by atoms with Crippen molar-refractivity contribution in [3.05, 3.63) is 17.8 Å². The Bertz CT molecular complexity index is 779. The SMILES string of the molecule is O=C(N[C@@H]1C[C@H]2CC[C@H]1O2)[C@@H]1CCCN1c1ncnc2sccc12. The number of amides is 1. The number of thiophene rings is 1. The normalized spacial score (nSPS) is 31.9. The second-order valence-electron chi connectivity index (χ2n) is 6.91. The lowest BCUT2D eigenvalue weighted by Crippen LogP contribution is -2.50. The molecule has 3 aliphatic rings. The van der Waals surface area contributed by atoms with Gasteiger partial charge in [-0.15, -0.1) is 11.3 Å². The van der Waals surface area contributed by atoms with E-state index in [4.69, 9.17) is 4.74 Å². The average Bonchev–Trinajstić information content (AvgIpc) is 3.36. The van der Waals surface area contributed by atoms with Crippen LogP contribution in [-0.4, -0.2) is 46.7 Å². The van der Waals surface area contributed by atoms with Crippen molar-refractivity contribution in [1.82, 2.24) is 15.3 Å². The first-order chi connectivity index (χ1) is 11.8. The lowest BCUT2D eigenvalue weighted by atomic mass is 9.95. The minimum Gasteiger partial charge on any atom is -0.373 e. The van der Waals surface area contributed by atoms with Gasteiger partial charge in [-0.2, -0.15) is 0 Å². The van der Waals surface area contributed by atoms with Crippen LogP contribution in [-0.2, 0) is 9.53 Å². The second-order valence-corrected chi connectivity index (χ2v) is 7.81. The molecule has 0 radical (unpaired) electrons. The summed E-state index contributed by atoms with van der Waals surface area (Å²) in [4.78, 5) is 24.8. The first-order valence-electron chi connectivity index (χ1n) is 8.70. The highest BCUT2D eigenvalue weighted by Gasteiger charge is 2.43. The van der Waals surface area contributed by atoms with Crippen molar-refractivity contribution in [3.63, 3.8) is 0 Å². The molecule has 3 saturated heterocycles. The van der Waals surface area contributed by atoms with Crippen LogP contribution in [0, 0.1) is 0 Å². The number of hydrogen-bond acceptors (Lipinski definition) is 6. The second kappa shape index (κ2) is 5.67. The number of nitrogens with zero attached hydrogens (tertiary/aromatic N) is 3. The van der Waals surface area contributed by atoms with Crippen LogP contribution in [0.1, 0.15) is 32.1 Å². The minimum atomic E-state index is -0.137. The molecule has 5 heterocycles. The van der Waals surface area contributed by atoms with Gasteiger partial charge >= 0.3 is 0 Å². The fraction of sp³-hybridized carbons (Fsp3) is 0.588. The van der Waals surface area contributed by atoms with Crippen LogP contribution in [0.15, 0.2) is 17.8 Å². The van der Waals surface area contributed by atoms with E-state index < -0.39 is 0 Å². The zero-order chi connectivity index (χ0) is 16.1. The van der Waals surface area contributed by atoms with Crippen LogP contribution in [0.25, 0.3) is 10.2 Å². The molecule has 0 saturated carbocycles. The number of nitrogens with one attached hydrogen (secondary N) is 1. The van der Waals surface area contributed by atoms with E-state index in [2.05, 4.69) is 20.2 Å². The Morgan fingerprint density at radius 2 is 2.29 bits per heavy atom. The molecule has 5 rings (SSSR count). The number of fused-ring (bicyclic) bond motifs is 3. The van der Waals surface area contributed by atoms with Crippen LogP contribution in [0.3, 0.4) is 0 Å². The molecule has 0 unspecified atom stereocenters. The molecule has 126 valence electrons. The highest BCUT2D eigenvalue weighted by Crippen LogP contribution is 2.35. The lowest BCUT2D eigenvalue weighted by Gasteiger charge is -2.28. The smallest absolute Gasteiger partial charge is 0.243 e. The molecule has 0 spiro atoms. The quantitative estimate of drug-likeness (QED) is 0.923. The lowest BCUT2D eigenvalue weighted by molar-refractivity contribution is -0.123. The zero-order valence-electron chi connectivity index (χ0n) is 13.4. The Hall–Kier alpha value is -1.73. The predicted octanol–water partition coefficient (Wildman–Crippen LogP) is 2.10. The molecule has 3 aliphatic heterocycles. The highest BCUT2D eigenvalue weighted by atomic mass is 32.1. The molecule has 2 aromatic rings. The van der Waals surface area contributed by atoms with Crippen LogP contribution in [0.5, 0.6) is 0 Å². The molecular formula is C17H20N4O2S. The van der Waals surface area contributed by atoms with E-state index >= 15 is 0 Å². The third kappa shape index (κ3) is 2.29. The van der Waals surface area contributed by atoms with Gasteiger partial charge in [0.25, 0.3) is 0 Å². The summed E-state index contributed by atoms with van der Waals surface area (Å²) in [5.41, 5.74) is 0. The number of carbonyl (C=O) groups is 1. The van der Waals surface area contributed by atoms with Crippen molar-refractivity contribution in [3.8, 4) is 0 Å². The first-order valence-corrected chi connectivity index (χ1v) is 9.58. The molecule has 6 nitrogen and oxygen atoms in total. The Kier molecular flexibility index (Phi) is 3.45. The summed E-state index contributed by atoms with van der Waals surface area (Å²) in [6.07, 6.45) is 7.25. The number of carbonyl (C=O) groups excluding carboxylic acids is 1. The van der Waals surface area contributed by atoms with Gasteiger partial charge in [-0.1, -0.05) is 0 Å². The molecule has 1 amide bonds. The van der Waals surface area contributed by atoms with Gasteiger partial charge in [-0.25, -0.2) is 9.97 Å².